The van der Waals surface area contributed by atoms with Crippen LogP contribution in [0.2, 0.25) is 0 Å². The third-order valence-corrected chi connectivity index (χ3v) is 4.93. The van der Waals surface area contributed by atoms with Gasteiger partial charge < -0.3 is 15.1 Å². The molecule has 0 atom stereocenters. The van der Waals surface area contributed by atoms with Gasteiger partial charge in [-0.15, -0.1) is 0 Å². The van der Waals surface area contributed by atoms with Gasteiger partial charge in [0.2, 0.25) is 5.91 Å². The summed E-state index contributed by atoms with van der Waals surface area (Å²) in [5, 5.41) is 3.01. The Balaban J connectivity index is 1.70. The van der Waals surface area contributed by atoms with E-state index in [0.29, 0.717) is 13.1 Å². The lowest BCUT2D eigenvalue weighted by atomic mass is 9.96. The van der Waals surface area contributed by atoms with E-state index in [2.05, 4.69) is 5.32 Å². The molecule has 2 aliphatic rings. The fraction of sp³-hybridized carbons (Fsp3) is 0.857. The van der Waals surface area contributed by atoms with E-state index in [1.165, 1.54) is 11.3 Å². The molecule has 0 radical (unpaired) electrons. The van der Waals surface area contributed by atoms with E-state index in [1.807, 2.05) is 0 Å². The van der Waals surface area contributed by atoms with Crippen molar-refractivity contribution in [3.05, 3.63) is 0 Å². The Hall–Kier alpha value is -1.12. The first kappa shape index (κ1) is 18.2. The predicted octanol–water partition coefficient (Wildman–Crippen LogP) is 2.43. The summed E-state index contributed by atoms with van der Waals surface area (Å²) in [6.07, 6.45) is 5.47. The van der Waals surface area contributed by atoms with Crippen molar-refractivity contribution in [2.75, 3.05) is 31.9 Å². The largest absolute Gasteiger partial charge is 0.442 e. The smallest absolute Gasteiger partial charge is 0.338 e. The Morgan fingerprint density at radius 1 is 1.00 bits per heavy atom. The molecule has 5 nitrogen and oxygen atoms in total. The highest BCUT2D eigenvalue weighted by atomic mass is 32.2. The number of hydrogen-bond acceptors (Lipinski definition) is 3. The summed E-state index contributed by atoms with van der Waals surface area (Å²) in [5.41, 5.74) is -4.39. The van der Waals surface area contributed by atoms with Crippen molar-refractivity contribution in [2.45, 2.75) is 43.7 Å². The fourth-order valence-electron chi connectivity index (χ4n) is 2.91. The van der Waals surface area contributed by atoms with Gasteiger partial charge in [0.25, 0.3) is 0 Å². The molecule has 0 aromatic rings. The lowest BCUT2D eigenvalue weighted by Gasteiger charge is -2.36. The SMILES string of the molecule is O=C(CSC(F)(F)F)N1CCN(C(=O)NC2CCCCC2)CC1. The van der Waals surface area contributed by atoms with Crippen LogP contribution in [-0.2, 0) is 4.79 Å². The number of urea groups is 1. The number of halogens is 3. The molecule has 3 amide bonds. The second kappa shape index (κ2) is 8.12. The number of amides is 3. The van der Waals surface area contributed by atoms with Crippen LogP contribution in [0.4, 0.5) is 18.0 Å². The van der Waals surface area contributed by atoms with E-state index in [4.69, 9.17) is 0 Å². The van der Waals surface area contributed by atoms with Crippen LogP contribution in [0.3, 0.4) is 0 Å². The first-order valence-corrected chi connectivity index (χ1v) is 8.87. The molecule has 0 bridgehead atoms. The van der Waals surface area contributed by atoms with Crippen LogP contribution in [0, 0.1) is 0 Å². The van der Waals surface area contributed by atoms with E-state index in [9.17, 15) is 22.8 Å². The molecule has 1 N–H and O–H groups in total. The monoisotopic (exact) mass is 353 g/mol. The lowest BCUT2D eigenvalue weighted by molar-refractivity contribution is -0.130. The normalized spacial score (nSPS) is 20.5. The predicted molar refractivity (Wildman–Crippen MR) is 82.1 cm³/mol. The highest BCUT2D eigenvalue weighted by Gasteiger charge is 2.31. The number of rotatable bonds is 3. The highest BCUT2D eigenvalue weighted by molar-refractivity contribution is 8.00. The van der Waals surface area contributed by atoms with Gasteiger partial charge in [0.05, 0.1) is 5.75 Å². The molecule has 1 saturated carbocycles. The zero-order valence-electron chi connectivity index (χ0n) is 12.9. The zero-order valence-corrected chi connectivity index (χ0v) is 13.7. The van der Waals surface area contributed by atoms with E-state index >= 15 is 0 Å². The molecule has 1 saturated heterocycles. The Kier molecular flexibility index (Phi) is 6.43. The highest BCUT2D eigenvalue weighted by Crippen LogP contribution is 2.30. The minimum absolute atomic E-state index is 0.131. The summed E-state index contributed by atoms with van der Waals surface area (Å²) < 4.78 is 36.3. The molecule has 0 unspecified atom stereocenters. The number of hydrogen-bond donors (Lipinski definition) is 1. The topological polar surface area (TPSA) is 52.7 Å². The minimum Gasteiger partial charge on any atom is -0.338 e. The summed E-state index contributed by atoms with van der Waals surface area (Å²) in [5.74, 6) is -1.13. The number of carbonyl (C=O) groups is 2. The number of thioether (sulfide) groups is 1. The van der Waals surface area contributed by atoms with Gasteiger partial charge in [0.1, 0.15) is 0 Å². The zero-order chi connectivity index (χ0) is 16.9. The number of alkyl halides is 3. The van der Waals surface area contributed by atoms with E-state index < -0.39 is 17.2 Å². The molecular weight excluding hydrogens is 331 g/mol. The van der Waals surface area contributed by atoms with Crippen LogP contribution in [0.25, 0.3) is 0 Å². The Bertz CT molecular complexity index is 420. The number of nitrogens with one attached hydrogen (secondary N) is 1. The Morgan fingerprint density at radius 3 is 2.13 bits per heavy atom. The van der Waals surface area contributed by atoms with Crippen LogP contribution in [0.15, 0.2) is 0 Å². The molecule has 9 heteroatoms. The second-order valence-corrected chi connectivity index (χ2v) is 6.93. The number of carbonyl (C=O) groups excluding carboxylic acids is 2. The maximum Gasteiger partial charge on any atom is 0.442 e. The van der Waals surface area contributed by atoms with E-state index in [-0.39, 0.29) is 36.9 Å². The van der Waals surface area contributed by atoms with Crippen molar-refractivity contribution >= 4 is 23.7 Å². The summed E-state index contributed by atoms with van der Waals surface area (Å²) in [6.45, 7) is 1.30. The third kappa shape index (κ3) is 6.12. The van der Waals surface area contributed by atoms with Gasteiger partial charge in [0, 0.05) is 32.2 Å². The molecule has 2 rings (SSSR count). The summed E-state index contributed by atoms with van der Waals surface area (Å²) in [6, 6.07) is 0.0905. The molecule has 1 heterocycles. The first-order valence-electron chi connectivity index (χ1n) is 7.89. The van der Waals surface area contributed by atoms with Crippen LogP contribution in [0.5, 0.6) is 0 Å². The van der Waals surface area contributed by atoms with Crippen molar-refractivity contribution in [3.63, 3.8) is 0 Å². The number of piperazine rings is 1. The van der Waals surface area contributed by atoms with Gasteiger partial charge in [0.15, 0.2) is 0 Å². The fourth-order valence-corrected chi connectivity index (χ4v) is 3.38. The van der Waals surface area contributed by atoms with E-state index in [0.717, 1.165) is 25.7 Å². The molecule has 132 valence electrons. The lowest BCUT2D eigenvalue weighted by Crippen LogP contribution is -2.55. The van der Waals surface area contributed by atoms with Gasteiger partial charge >= 0.3 is 11.5 Å². The molecule has 0 aromatic heterocycles. The second-order valence-electron chi connectivity index (χ2n) is 5.89. The van der Waals surface area contributed by atoms with Crippen molar-refractivity contribution in [2.24, 2.45) is 0 Å². The quantitative estimate of drug-likeness (QED) is 0.848. The maximum absolute atomic E-state index is 12.2. The number of nitrogens with zero attached hydrogens (tertiary/aromatic N) is 2. The standard InChI is InChI=1S/C14H22F3N3O2S/c15-14(16,17)23-10-12(21)19-6-8-20(9-7-19)13(22)18-11-4-2-1-3-5-11/h11H,1-10H2,(H,18,22). The average Bonchev–Trinajstić information content (AvgIpc) is 2.53. The summed E-state index contributed by atoms with van der Waals surface area (Å²) in [7, 11) is 0. The van der Waals surface area contributed by atoms with Gasteiger partial charge in [-0.2, -0.15) is 13.2 Å². The molecular formula is C14H22F3N3O2S. The minimum atomic E-state index is -4.39. The Labute approximate surface area is 137 Å². The van der Waals surface area contributed by atoms with Gasteiger partial charge in [-0.05, 0) is 24.6 Å². The molecule has 0 aromatic carbocycles. The van der Waals surface area contributed by atoms with Gasteiger partial charge in [-0.1, -0.05) is 19.3 Å². The molecule has 2 fully saturated rings. The molecule has 1 aliphatic heterocycles. The molecule has 23 heavy (non-hydrogen) atoms. The maximum atomic E-state index is 12.2. The van der Waals surface area contributed by atoms with Crippen LogP contribution < -0.4 is 5.32 Å². The average molecular weight is 353 g/mol. The van der Waals surface area contributed by atoms with Crippen LogP contribution >= 0.6 is 11.8 Å². The first-order chi connectivity index (χ1) is 10.8. The third-order valence-electron chi connectivity index (χ3n) is 4.21. The Morgan fingerprint density at radius 2 is 1.57 bits per heavy atom. The van der Waals surface area contributed by atoms with Crippen molar-refractivity contribution < 1.29 is 22.8 Å². The molecule has 0 spiro atoms. The summed E-state index contributed by atoms with van der Waals surface area (Å²) >= 11 is -0.318. The molecule has 1 aliphatic carbocycles. The van der Waals surface area contributed by atoms with Crippen LogP contribution in [-0.4, -0.2) is 65.2 Å². The summed E-state index contributed by atoms with van der Waals surface area (Å²) in [4.78, 5) is 26.9. The van der Waals surface area contributed by atoms with Crippen molar-refractivity contribution in [1.29, 1.82) is 0 Å². The van der Waals surface area contributed by atoms with E-state index in [1.54, 1.807) is 4.90 Å². The van der Waals surface area contributed by atoms with Crippen LogP contribution in [0.1, 0.15) is 32.1 Å². The van der Waals surface area contributed by atoms with Gasteiger partial charge in [-0.25, -0.2) is 4.79 Å². The van der Waals surface area contributed by atoms with Gasteiger partial charge in [-0.3, -0.25) is 4.79 Å². The van der Waals surface area contributed by atoms with Crippen molar-refractivity contribution in [3.8, 4) is 0 Å². The van der Waals surface area contributed by atoms with Crippen molar-refractivity contribution in [1.82, 2.24) is 15.1 Å².